The highest BCUT2D eigenvalue weighted by molar-refractivity contribution is 9.10. The molecule has 96 valence electrons. The Hall–Kier alpha value is -0.390. The van der Waals surface area contributed by atoms with Gasteiger partial charge in [0.05, 0.1) is 0 Å². The molecule has 17 heavy (non-hydrogen) atoms. The van der Waals surface area contributed by atoms with Gasteiger partial charge in [0.1, 0.15) is 0 Å². The summed E-state index contributed by atoms with van der Waals surface area (Å²) < 4.78 is 1.17. The topological polar surface area (TPSA) is 41.1 Å². The lowest BCUT2D eigenvalue weighted by molar-refractivity contribution is -0.120. The Morgan fingerprint density at radius 3 is 2.82 bits per heavy atom. The predicted octanol–water partition coefficient (Wildman–Crippen LogP) is 2.82. The number of aryl methyl sites for hydroxylation is 1. The van der Waals surface area contributed by atoms with Crippen LogP contribution in [0.15, 0.2) is 10.5 Å². The molecule has 0 atom stereocenters. The van der Waals surface area contributed by atoms with Crippen LogP contribution < -0.4 is 10.6 Å². The Bertz CT molecular complexity index is 346. The van der Waals surface area contributed by atoms with Gasteiger partial charge in [0, 0.05) is 40.3 Å². The molecule has 0 spiro atoms. The van der Waals surface area contributed by atoms with E-state index in [2.05, 4.69) is 46.5 Å². The van der Waals surface area contributed by atoms with Crippen molar-refractivity contribution in [3.63, 3.8) is 0 Å². The molecule has 0 unspecified atom stereocenters. The van der Waals surface area contributed by atoms with E-state index in [1.165, 1.54) is 14.2 Å². The summed E-state index contributed by atoms with van der Waals surface area (Å²) in [5, 5.41) is 6.14. The predicted molar refractivity (Wildman–Crippen MR) is 76.4 cm³/mol. The minimum atomic E-state index is 0.128. The van der Waals surface area contributed by atoms with Crippen LogP contribution in [0.3, 0.4) is 0 Å². The van der Waals surface area contributed by atoms with Gasteiger partial charge in [-0.2, -0.15) is 0 Å². The molecule has 0 aliphatic carbocycles. The first-order valence-electron chi connectivity index (χ1n) is 5.85. The second-order valence-electron chi connectivity index (χ2n) is 3.89. The third-order valence-electron chi connectivity index (χ3n) is 2.31. The average Bonchev–Trinajstić information content (AvgIpc) is 2.61. The average molecular weight is 319 g/mol. The summed E-state index contributed by atoms with van der Waals surface area (Å²) in [5.41, 5.74) is 0. The molecule has 0 aliphatic heterocycles. The van der Waals surface area contributed by atoms with E-state index in [4.69, 9.17) is 0 Å². The van der Waals surface area contributed by atoms with Crippen molar-refractivity contribution in [1.29, 1.82) is 0 Å². The van der Waals surface area contributed by atoms with E-state index in [-0.39, 0.29) is 5.91 Å². The van der Waals surface area contributed by atoms with Crippen LogP contribution in [0.1, 0.15) is 29.5 Å². The zero-order chi connectivity index (χ0) is 12.7. The molecule has 0 radical (unpaired) electrons. The van der Waals surface area contributed by atoms with Crippen LogP contribution in [0.4, 0.5) is 0 Å². The number of nitrogens with one attached hydrogen (secondary N) is 2. The highest BCUT2D eigenvalue weighted by Gasteiger charge is 2.03. The Labute approximate surface area is 115 Å². The monoisotopic (exact) mass is 318 g/mol. The summed E-state index contributed by atoms with van der Waals surface area (Å²) in [5.74, 6) is 0.128. The summed E-state index contributed by atoms with van der Waals surface area (Å²) in [7, 11) is 0. The number of amides is 1. The van der Waals surface area contributed by atoms with Crippen LogP contribution in [-0.2, 0) is 11.3 Å². The number of thiophene rings is 1. The van der Waals surface area contributed by atoms with Crippen molar-refractivity contribution < 1.29 is 4.79 Å². The molecule has 1 aromatic heterocycles. The maximum atomic E-state index is 11.3. The standard InChI is InChI=1S/C12H19BrN2OS/c1-3-5-15-12(16)4-6-14-8-10-7-11(13)9(2)17-10/h7,14H,3-6,8H2,1-2H3,(H,15,16). The Morgan fingerprint density at radius 2 is 2.24 bits per heavy atom. The van der Waals surface area contributed by atoms with Crippen LogP contribution in [0, 0.1) is 6.92 Å². The van der Waals surface area contributed by atoms with Gasteiger partial charge in [-0.05, 0) is 35.3 Å². The number of carbonyl (C=O) groups is 1. The van der Waals surface area contributed by atoms with Crippen LogP contribution in [-0.4, -0.2) is 19.0 Å². The maximum Gasteiger partial charge on any atom is 0.221 e. The largest absolute Gasteiger partial charge is 0.356 e. The van der Waals surface area contributed by atoms with Gasteiger partial charge in [-0.1, -0.05) is 6.92 Å². The molecular weight excluding hydrogens is 300 g/mol. The minimum Gasteiger partial charge on any atom is -0.356 e. The first-order valence-corrected chi connectivity index (χ1v) is 7.46. The van der Waals surface area contributed by atoms with Gasteiger partial charge in [-0.25, -0.2) is 0 Å². The molecule has 1 aromatic rings. The molecule has 2 N–H and O–H groups in total. The summed E-state index contributed by atoms with van der Waals surface area (Å²) in [4.78, 5) is 13.9. The smallest absolute Gasteiger partial charge is 0.221 e. The number of rotatable bonds is 7. The minimum absolute atomic E-state index is 0.128. The first kappa shape index (κ1) is 14.7. The second-order valence-corrected chi connectivity index (χ2v) is 6.09. The van der Waals surface area contributed by atoms with Crippen molar-refractivity contribution in [2.24, 2.45) is 0 Å². The second kappa shape index (κ2) is 7.84. The number of halogens is 1. The fourth-order valence-electron chi connectivity index (χ4n) is 1.37. The van der Waals surface area contributed by atoms with Gasteiger partial charge in [0.2, 0.25) is 5.91 Å². The van der Waals surface area contributed by atoms with Gasteiger partial charge >= 0.3 is 0 Å². The van der Waals surface area contributed by atoms with Gasteiger partial charge in [-0.15, -0.1) is 11.3 Å². The number of hydrogen-bond donors (Lipinski definition) is 2. The Morgan fingerprint density at radius 1 is 1.47 bits per heavy atom. The van der Waals surface area contributed by atoms with E-state index in [0.717, 1.165) is 26.1 Å². The molecule has 0 aromatic carbocycles. The van der Waals surface area contributed by atoms with Gasteiger partial charge in [0.15, 0.2) is 0 Å². The highest BCUT2D eigenvalue weighted by atomic mass is 79.9. The van der Waals surface area contributed by atoms with Gasteiger partial charge < -0.3 is 10.6 Å². The van der Waals surface area contributed by atoms with E-state index >= 15 is 0 Å². The lowest BCUT2D eigenvalue weighted by Crippen LogP contribution is -2.27. The molecule has 0 saturated carbocycles. The number of hydrogen-bond acceptors (Lipinski definition) is 3. The Balaban J connectivity index is 2.14. The fourth-order valence-corrected chi connectivity index (χ4v) is 2.94. The van der Waals surface area contributed by atoms with Crippen molar-refractivity contribution in [1.82, 2.24) is 10.6 Å². The zero-order valence-corrected chi connectivity index (χ0v) is 12.7. The van der Waals surface area contributed by atoms with E-state index in [1.807, 2.05) is 0 Å². The van der Waals surface area contributed by atoms with Crippen LogP contribution in [0.5, 0.6) is 0 Å². The SMILES string of the molecule is CCCNC(=O)CCNCc1cc(Br)c(C)s1. The van der Waals surface area contributed by atoms with Crippen LogP contribution in [0.2, 0.25) is 0 Å². The third-order valence-corrected chi connectivity index (χ3v) is 4.45. The van der Waals surface area contributed by atoms with Crippen molar-refractivity contribution in [2.75, 3.05) is 13.1 Å². The molecule has 5 heteroatoms. The molecule has 1 amide bonds. The third kappa shape index (κ3) is 5.66. The molecule has 3 nitrogen and oxygen atoms in total. The van der Waals surface area contributed by atoms with Gasteiger partial charge in [0.25, 0.3) is 0 Å². The normalized spacial score (nSPS) is 10.5. The summed E-state index contributed by atoms with van der Waals surface area (Å²) >= 11 is 5.27. The van der Waals surface area contributed by atoms with Crippen molar-refractivity contribution in [3.8, 4) is 0 Å². The van der Waals surface area contributed by atoms with E-state index < -0.39 is 0 Å². The highest BCUT2D eigenvalue weighted by Crippen LogP contribution is 2.25. The van der Waals surface area contributed by atoms with Crippen molar-refractivity contribution >= 4 is 33.2 Å². The molecule has 1 rings (SSSR count). The molecule has 0 bridgehead atoms. The van der Waals surface area contributed by atoms with Crippen LogP contribution in [0.25, 0.3) is 0 Å². The van der Waals surface area contributed by atoms with Crippen molar-refractivity contribution in [3.05, 3.63) is 20.3 Å². The van der Waals surface area contributed by atoms with Crippen molar-refractivity contribution in [2.45, 2.75) is 33.2 Å². The summed E-state index contributed by atoms with van der Waals surface area (Å²) in [6.45, 7) is 6.48. The number of carbonyl (C=O) groups excluding carboxylic acids is 1. The molecule has 0 fully saturated rings. The summed E-state index contributed by atoms with van der Waals surface area (Å²) in [6.07, 6.45) is 1.53. The zero-order valence-electron chi connectivity index (χ0n) is 10.3. The first-order chi connectivity index (χ1) is 8.13. The van der Waals surface area contributed by atoms with E-state index in [0.29, 0.717) is 6.42 Å². The van der Waals surface area contributed by atoms with Crippen LogP contribution >= 0.6 is 27.3 Å². The van der Waals surface area contributed by atoms with Gasteiger partial charge in [-0.3, -0.25) is 4.79 Å². The maximum absolute atomic E-state index is 11.3. The molecule has 1 heterocycles. The molecule has 0 aliphatic rings. The summed E-state index contributed by atoms with van der Waals surface area (Å²) in [6, 6.07) is 2.13. The lowest BCUT2D eigenvalue weighted by atomic mass is 10.3. The van der Waals surface area contributed by atoms with E-state index in [1.54, 1.807) is 11.3 Å². The molecular formula is C12H19BrN2OS. The fraction of sp³-hybridized carbons (Fsp3) is 0.583. The van der Waals surface area contributed by atoms with E-state index in [9.17, 15) is 4.79 Å². The molecule has 0 saturated heterocycles. The lowest BCUT2D eigenvalue weighted by Gasteiger charge is -2.04. The Kier molecular flexibility index (Phi) is 6.77. The quantitative estimate of drug-likeness (QED) is 0.759.